The zero-order valence-electron chi connectivity index (χ0n) is 19.6. The maximum absolute atomic E-state index is 12.9. The molecule has 184 valence electrons. The summed E-state index contributed by atoms with van der Waals surface area (Å²) in [4.78, 5) is 12.9. The largest absolute Gasteiger partial charge is 0.345 e. The highest BCUT2D eigenvalue weighted by Crippen LogP contribution is 2.30. The lowest BCUT2D eigenvalue weighted by molar-refractivity contribution is 0.0949. The number of halogens is 2. The van der Waals surface area contributed by atoms with Crippen molar-refractivity contribution in [3.63, 3.8) is 0 Å². The van der Waals surface area contributed by atoms with Crippen LogP contribution in [0.3, 0.4) is 0 Å². The second-order valence-corrected chi connectivity index (χ2v) is 10.0. The average molecular weight is 545 g/mol. The summed E-state index contributed by atoms with van der Waals surface area (Å²) in [5, 5.41) is 13.4. The molecular formula is C29H22Cl2N4OS. The Kier molecular flexibility index (Phi) is 7.90. The van der Waals surface area contributed by atoms with Gasteiger partial charge in [-0.1, -0.05) is 108 Å². The Morgan fingerprint density at radius 1 is 0.811 bits per heavy atom. The van der Waals surface area contributed by atoms with Crippen molar-refractivity contribution in [2.24, 2.45) is 0 Å². The van der Waals surface area contributed by atoms with Crippen molar-refractivity contribution in [1.29, 1.82) is 0 Å². The molecule has 1 amide bonds. The number of carbonyl (C=O) groups is 1. The Labute approximate surface area is 229 Å². The fraction of sp³-hybridized carbons (Fsp3) is 0.0690. The number of amides is 1. The summed E-state index contributed by atoms with van der Waals surface area (Å²) in [6, 6.07) is 33.0. The first kappa shape index (κ1) is 25.1. The minimum Gasteiger partial charge on any atom is -0.345 e. The van der Waals surface area contributed by atoms with Crippen LogP contribution in [0, 0.1) is 0 Å². The summed E-state index contributed by atoms with van der Waals surface area (Å²) in [6.07, 6.45) is 0. The molecule has 8 heteroatoms. The summed E-state index contributed by atoms with van der Waals surface area (Å²) >= 11 is 14.2. The van der Waals surface area contributed by atoms with Gasteiger partial charge in [0, 0.05) is 16.3 Å². The highest BCUT2D eigenvalue weighted by molar-refractivity contribution is 7.98. The van der Waals surface area contributed by atoms with Crippen LogP contribution in [0.4, 0.5) is 0 Å². The first-order chi connectivity index (χ1) is 18.1. The highest BCUT2D eigenvalue weighted by Gasteiger charge is 2.18. The molecule has 0 aliphatic heterocycles. The first-order valence-corrected chi connectivity index (χ1v) is 13.3. The quantitative estimate of drug-likeness (QED) is 0.206. The smallest absolute Gasteiger partial charge is 0.251 e. The molecule has 5 rings (SSSR count). The van der Waals surface area contributed by atoms with Crippen LogP contribution in [0.2, 0.25) is 10.0 Å². The second kappa shape index (κ2) is 11.6. The van der Waals surface area contributed by atoms with Crippen LogP contribution in [0.5, 0.6) is 0 Å². The van der Waals surface area contributed by atoms with E-state index in [1.165, 1.54) is 0 Å². The molecule has 1 heterocycles. The number of thioether (sulfide) groups is 1. The Balaban J connectivity index is 1.35. The van der Waals surface area contributed by atoms with Crippen LogP contribution in [-0.2, 0) is 12.3 Å². The lowest BCUT2D eigenvalue weighted by atomic mass is 10.0. The standard InChI is InChI=1S/C29H22Cl2N4OS/c30-24-15-16-26(25(31)17-24)35-27(33-34-29(35)37-19-20-7-3-1-4-8-20)18-32-28(36)23-13-11-22(12-14-23)21-9-5-2-6-10-21/h1-17H,18-19H2,(H,32,36). The van der Waals surface area contributed by atoms with Crippen molar-refractivity contribution in [1.82, 2.24) is 20.1 Å². The normalized spacial score (nSPS) is 10.9. The van der Waals surface area contributed by atoms with E-state index in [0.717, 1.165) is 16.7 Å². The molecular weight excluding hydrogens is 523 g/mol. The average Bonchev–Trinajstić information content (AvgIpc) is 3.34. The van der Waals surface area contributed by atoms with Crippen LogP contribution in [0.25, 0.3) is 16.8 Å². The third-order valence-corrected chi connectivity index (χ3v) is 7.26. The maximum atomic E-state index is 12.9. The van der Waals surface area contributed by atoms with Gasteiger partial charge in [0.25, 0.3) is 5.91 Å². The number of rotatable bonds is 8. The number of nitrogens with one attached hydrogen (secondary N) is 1. The van der Waals surface area contributed by atoms with Gasteiger partial charge in [0.2, 0.25) is 0 Å². The molecule has 0 unspecified atom stereocenters. The van der Waals surface area contributed by atoms with Crippen LogP contribution >= 0.6 is 35.0 Å². The van der Waals surface area contributed by atoms with Crippen LogP contribution in [0.1, 0.15) is 21.7 Å². The topological polar surface area (TPSA) is 59.8 Å². The van der Waals surface area contributed by atoms with Crippen molar-refractivity contribution in [3.8, 4) is 16.8 Å². The number of hydrogen-bond acceptors (Lipinski definition) is 4. The molecule has 4 aromatic carbocycles. The van der Waals surface area contributed by atoms with Crippen molar-refractivity contribution < 1.29 is 4.79 Å². The molecule has 1 N–H and O–H groups in total. The van der Waals surface area contributed by atoms with Gasteiger partial charge in [-0.3, -0.25) is 9.36 Å². The van der Waals surface area contributed by atoms with E-state index in [4.69, 9.17) is 23.2 Å². The van der Waals surface area contributed by atoms with Gasteiger partial charge in [-0.15, -0.1) is 10.2 Å². The van der Waals surface area contributed by atoms with E-state index in [2.05, 4.69) is 27.6 Å². The maximum Gasteiger partial charge on any atom is 0.251 e. The molecule has 0 atom stereocenters. The fourth-order valence-electron chi connectivity index (χ4n) is 3.84. The van der Waals surface area contributed by atoms with Gasteiger partial charge >= 0.3 is 0 Å². The van der Waals surface area contributed by atoms with Gasteiger partial charge in [-0.05, 0) is 47.0 Å². The van der Waals surface area contributed by atoms with E-state index in [1.54, 1.807) is 23.9 Å². The summed E-state index contributed by atoms with van der Waals surface area (Å²) in [6.45, 7) is 0.178. The van der Waals surface area contributed by atoms with Crippen molar-refractivity contribution >= 4 is 40.9 Å². The lowest BCUT2D eigenvalue weighted by Gasteiger charge is -2.13. The van der Waals surface area contributed by atoms with Crippen molar-refractivity contribution in [2.45, 2.75) is 17.5 Å². The molecule has 0 fully saturated rings. The zero-order chi connectivity index (χ0) is 25.6. The molecule has 1 aromatic heterocycles. The van der Waals surface area contributed by atoms with Gasteiger partial charge in [-0.2, -0.15) is 0 Å². The summed E-state index contributed by atoms with van der Waals surface area (Å²) in [5.74, 6) is 1.08. The van der Waals surface area contributed by atoms with E-state index in [9.17, 15) is 4.79 Å². The van der Waals surface area contributed by atoms with E-state index in [1.807, 2.05) is 83.4 Å². The van der Waals surface area contributed by atoms with Gasteiger partial charge in [-0.25, -0.2) is 0 Å². The van der Waals surface area contributed by atoms with Crippen molar-refractivity contribution in [2.75, 3.05) is 0 Å². The van der Waals surface area contributed by atoms with E-state index >= 15 is 0 Å². The second-order valence-electron chi connectivity index (χ2n) is 8.23. The predicted octanol–water partition coefficient (Wildman–Crippen LogP) is 7.46. The predicted molar refractivity (Wildman–Crippen MR) is 150 cm³/mol. The number of benzene rings is 4. The molecule has 0 aliphatic carbocycles. The number of aromatic nitrogens is 3. The Morgan fingerprint density at radius 2 is 1.49 bits per heavy atom. The van der Waals surface area contributed by atoms with Crippen LogP contribution in [0.15, 0.2) is 108 Å². The zero-order valence-corrected chi connectivity index (χ0v) is 22.0. The molecule has 0 saturated carbocycles. The number of hydrogen-bond donors (Lipinski definition) is 1. The molecule has 37 heavy (non-hydrogen) atoms. The van der Waals surface area contributed by atoms with Gasteiger partial charge < -0.3 is 5.32 Å². The van der Waals surface area contributed by atoms with Gasteiger partial charge in [0.1, 0.15) is 0 Å². The third-order valence-electron chi connectivity index (χ3n) is 5.72. The molecule has 5 aromatic rings. The molecule has 0 radical (unpaired) electrons. The van der Waals surface area contributed by atoms with Crippen LogP contribution < -0.4 is 5.32 Å². The van der Waals surface area contributed by atoms with E-state index in [0.29, 0.717) is 38.0 Å². The molecule has 0 bridgehead atoms. The Bertz CT molecular complexity index is 1510. The van der Waals surface area contributed by atoms with Gasteiger partial charge in [0.05, 0.1) is 17.3 Å². The summed E-state index contributed by atoms with van der Waals surface area (Å²) in [5.41, 5.74) is 4.58. The van der Waals surface area contributed by atoms with Crippen LogP contribution in [-0.4, -0.2) is 20.7 Å². The summed E-state index contributed by atoms with van der Waals surface area (Å²) in [7, 11) is 0. The summed E-state index contributed by atoms with van der Waals surface area (Å²) < 4.78 is 1.87. The number of nitrogens with zero attached hydrogens (tertiary/aromatic N) is 3. The van der Waals surface area contributed by atoms with Gasteiger partial charge in [0.15, 0.2) is 11.0 Å². The molecule has 0 saturated heterocycles. The minimum atomic E-state index is -0.199. The highest BCUT2D eigenvalue weighted by atomic mass is 35.5. The Morgan fingerprint density at radius 3 is 2.19 bits per heavy atom. The number of carbonyl (C=O) groups excluding carboxylic acids is 1. The third kappa shape index (κ3) is 6.05. The fourth-order valence-corrected chi connectivity index (χ4v) is 5.25. The lowest BCUT2D eigenvalue weighted by Crippen LogP contribution is -2.24. The van der Waals surface area contributed by atoms with E-state index in [-0.39, 0.29) is 12.5 Å². The van der Waals surface area contributed by atoms with E-state index < -0.39 is 0 Å². The molecule has 0 aliphatic rings. The molecule has 5 nitrogen and oxygen atoms in total. The molecule has 0 spiro atoms. The minimum absolute atomic E-state index is 0.178. The van der Waals surface area contributed by atoms with Crippen molar-refractivity contribution in [3.05, 3.63) is 130 Å². The first-order valence-electron chi connectivity index (χ1n) is 11.6. The SMILES string of the molecule is O=C(NCc1nnc(SCc2ccccc2)n1-c1ccc(Cl)cc1Cl)c1ccc(-c2ccccc2)cc1. The monoisotopic (exact) mass is 544 g/mol. The Hall–Kier alpha value is -3.58.